The van der Waals surface area contributed by atoms with Gasteiger partial charge in [-0.25, -0.2) is 4.39 Å². The van der Waals surface area contributed by atoms with Gasteiger partial charge in [0, 0.05) is 0 Å². The van der Waals surface area contributed by atoms with Crippen molar-refractivity contribution in [2.75, 3.05) is 11.5 Å². The minimum atomic E-state index is -0.447. The van der Waals surface area contributed by atoms with Crippen LogP contribution >= 0.6 is 11.8 Å². The zero-order valence-corrected chi connectivity index (χ0v) is 9.60. The molecule has 1 heterocycles. The Balaban J connectivity index is 2.16. The highest BCUT2D eigenvalue weighted by atomic mass is 32.2. The van der Waals surface area contributed by atoms with E-state index in [1.165, 1.54) is 12.1 Å². The van der Waals surface area contributed by atoms with Crippen molar-refractivity contribution in [3.05, 3.63) is 29.6 Å². The summed E-state index contributed by atoms with van der Waals surface area (Å²) in [6.45, 7) is 0. The molecule has 1 aliphatic rings. The molecule has 1 fully saturated rings. The van der Waals surface area contributed by atoms with E-state index in [4.69, 9.17) is 10.00 Å². The summed E-state index contributed by atoms with van der Waals surface area (Å²) in [6, 6.07) is 6.39. The van der Waals surface area contributed by atoms with E-state index in [-0.39, 0.29) is 17.4 Å². The average molecular weight is 237 g/mol. The number of nitrogens with zero attached hydrogens (tertiary/aromatic N) is 1. The van der Waals surface area contributed by atoms with E-state index in [1.54, 1.807) is 6.07 Å². The molecule has 0 radical (unpaired) electrons. The van der Waals surface area contributed by atoms with Crippen molar-refractivity contribution in [1.82, 2.24) is 0 Å². The average Bonchev–Trinajstić information content (AvgIpc) is 2.33. The molecule has 0 bridgehead atoms. The summed E-state index contributed by atoms with van der Waals surface area (Å²) in [5, 5.41) is 8.87. The zero-order valence-electron chi connectivity index (χ0n) is 8.78. The maximum absolute atomic E-state index is 13.5. The van der Waals surface area contributed by atoms with Crippen molar-refractivity contribution in [3.8, 4) is 11.8 Å². The van der Waals surface area contributed by atoms with Crippen LogP contribution in [0.5, 0.6) is 5.75 Å². The number of rotatable bonds is 2. The van der Waals surface area contributed by atoms with E-state index < -0.39 is 5.82 Å². The van der Waals surface area contributed by atoms with Gasteiger partial charge >= 0.3 is 0 Å². The minimum absolute atomic E-state index is 0.0465. The maximum atomic E-state index is 13.5. The number of ether oxygens (including phenoxy) is 1. The molecule has 1 saturated heterocycles. The number of nitriles is 1. The second-order valence-corrected chi connectivity index (χ2v) is 4.88. The number of thioether (sulfide) groups is 1. The Hall–Kier alpha value is -1.21. The van der Waals surface area contributed by atoms with Crippen molar-refractivity contribution in [2.24, 2.45) is 0 Å². The standard InChI is InChI=1S/C12H12FNOS/c13-11-3-1-2-9(8-14)12(11)15-10-4-6-16-7-5-10/h1-3,10H,4-7H2. The van der Waals surface area contributed by atoms with Gasteiger partial charge in [-0.3, -0.25) is 0 Å². The molecule has 0 aromatic heterocycles. The topological polar surface area (TPSA) is 33.0 Å². The van der Waals surface area contributed by atoms with Crippen LogP contribution in [0.2, 0.25) is 0 Å². The van der Waals surface area contributed by atoms with Gasteiger partial charge in [0.15, 0.2) is 11.6 Å². The van der Waals surface area contributed by atoms with Crippen LogP contribution in [0.25, 0.3) is 0 Å². The molecular formula is C12H12FNOS. The number of para-hydroxylation sites is 1. The van der Waals surface area contributed by atoms with E-state index in [2.05, 4.69) is 0 Å². The van der Waals surface area contributed by atoms with Crippen LogP contribution < -0.4 is 4.74 Å². The molecule has 1 aromatic rings. The van der Waals surface area contributed by atoms with Gasteiger partial charge < -0.3 is 4.74 Å². The monoisotopic (exact) mass is 237 g/mol. The summed E-state index contributed by atoms with van der Waals surface area (Å²) in [5.41, 5.74) is 0.276. The summed E-state index contributed by atoms with van der Waals surface area (Å²) in [6.07, 6.45) is 1.89. The van der Waals surface area contributed by atoms with Crippen LogP contribution in [0, 0.1) is 17.1 Å². The molecule has 0 saturated carbocycles. The van der Waals surface area contributed by atoms with E-state index in [1.807, 2.05) is 17.8 Å². The molecule has 2 rings (SSSR count). The first-order valence-electron chi connectivity index (χ1n) is 5.24. The first-order chi connectivity index (χ1) is 7.81. The summed E-state index contributed by atoms with van der Waals surface area (Å²) in [7, 11) is 0. The lowest BCUT2D eigenvalue weighted by molar-refractivity contribution is 0.183. The van der Waals surface area contributed by atoms with Gasteiger partial charge in [0.1, 0.15) is 12.2 Å². The van der Waals surface area contributed by atoms with Crippen LogP contribution in [0.4, 0.5) is 4.39 Å². The lowest BCUT2D eigenvalue weighted by Gasteiger charge is -2.23. The molecular weight excluding hydrogens is 225 g/mol. The highest BCUT2D eigenvalue weighted by Gasteiger charge is 2.18. The Labute approximate surface area is 98.4 Å². The molecule has 0 aliphatic carbocycles. The smallest absolute Gasteiger partial charge is 0.173 e. The largest absolute Gasteiger partial charge is 0.486 e. The Morgan fingerprint density at radius 3 is 2.81 bits per heavy atom. The third-order valence-corrected chi connectivity index (χ3v) is 3.59. The fraction of sp³-hybridized carbons (Fsp3) is 0.417. The fourth-order valence-corrected chi connectivity index (χ4v) is 2.74. The van der Waals surface area contributed by atoms with E-state index >= 15 is 0 Å². The number of benzene rings is 1. The highest BCUT2D eigenvalue weighted by molar-refractivity contribution is 7.99. The second-order valence-electron chi connectivity index (χ2n) is 3.66. The molecule has 1 aromatic carbocycles. The Bertz CT molecular complexity index is 410. The van der Waals surface area contributed by atoms with Gasteiger partial charge in [-0.15, -0.1) is 0 Å². The third kappa shape index (κ3) is 2.48. The van der Waals surface area contributed by atoms with Crippen LogP contribution in [-0.4, -0.2) is 17.6 Å². The maximum Gasteiger partial charge on any atom is 0.173 e. The van der Waals surface area contributed by atoms with Crippen molar-refractivity contribution in [2.45, 2.75) is 18.9 Å². The van der Waals surface area contributed by atoms with Crippen LogP contribution in [0.15, 0.2) is 18.2 Å². The lowest BCUT2D eigenvalue weighted by Crippen LogP contribution is -2.23. The molecule has 84 valence electrons. The lowest BCUT2D eigenvalue weighted by atomic mass is 10.2. The molecule has 0 unspecified atom stereocenters. The van der Waals surface area contributed by atoms with E-state index in [9.17, 15) is 4.39 Å². The first kappa shape index (κ1) is 11.3. The molecule has 0 amide bonds. The molecule has 4 heteroatoms. The SMILES string of the molecule is N#Cc1cccc(F)c1OC1CCSCC1. The minimum Gasteiger partial charge on any atom is -0.486 e. The van der Waals surface area contributed by atoms with E-state index in [0.717, 1.165) is 24.3 Å². The van der Waals surface area contributed by atoms with Gasteiger partial charge in [-0.1, -0.05) is 6.07 Å². The highest BCUT2D eigenvalue weighted by Crippen LogP contribution is 2.27. The second kappa shape index (κ2) is 5.22. The van der Waals surface area contributed by atoms with Crippen molar-refractivity contribution in [3.63, 3.8) is 0 Å². The molecule has 0 spiro atoms. The summed E-state index contributed by atoms with van der Waals surface area (Å²) >= 11 is 1.88. The van der Waals surface area contributed by atoms with Crippen LogP contribution in [-0.2, 0) is 0 Å². The number of halogens is 1. The molecule has 0 atom stereocenters. The number of hydrogen-bond acceptors (Lipinski definition) is 3. The Morgan fingerprint density at radius 2 is 2.12 bits per heavy atom. The summed E-state index contributed by atoms with van der Waals surface area (Å²) < 4.78 is 19.1. The van der Waals surface area contributed by atoms with Gasteiger partial charge in [0.05, 0.1) is 5.56 Å². The quantitative estimate of drug-likeness (QED) is 0.792. The van der Waals surface area contributed by atoms with Crippen molar-refractivity contribution in [1.29, 1.82) is 5.26 Å². The van der Waals surface area contributed by atoms with Crippen molar-refractivity contribution >= 4 is 11.8 Å². The van der Waals surface area contributed by atoms with Crippen LogP contribution in [0.3, 0.4) is 0 Å². The normalized spacial score (nSPS) is 16.8. The zero-order chi connectivity index (χ0) is 11.4. The Morgan fingerprint density at radius 1 is 1.38 bits per heavy atom. The molecule has 16 heavy (non-hydrogen) atoms. The predicted molar refractivity (Wildman–Crippen MR) is 62.1 cm³/mol. The van der Waals surface area contributed by atoms with Crippen LogP contribution in [0.1, 0.15) is 18.4 Å². The molecule has 1 aliphatic heterocycles. The van der Waals surface area contributed by atoms with Gasteiger partial charge in [-0.05, 0) is 36.5 Å². The number of hydrogen-bond donors (Lipinski definition) is 0. The Kier molecular flexibility index (Phi) is 3.68. The molecule has 2 nitrogen and oxygen atoms in total. The van der Waals surface area contributed by atoms with E-state index in [0.29, 0.717) is 0 Å². The van der Waals surface area contributed by atoms with Gasteiger partial charge in [0.25, 0.3) is 0 Å². The van der Waals surface area contributed by atoms with Crippen molar-refractivity contribution < 1.29 is 9.13 Å². The first-order valence-corrected chi connectivity index (χ1v) is 6.39. The predicted octanol–water partition coefficient (Wildman–Crippen LogP) is 2.97. The van der Waals surface area contributed by atoms with Gasteiger partial charge in [0.2, 0.25) is 0 Å². The summed E-state index contributed by atoms with van der Waals surface area (Å²) in [4.78, 5) is 0. The molecule has 0 N–H and O–H groups in total. The third-order valence-electron chi connectivity index (χ3n) is 2.54. The van der Waals surface area contributed by atoms with Gasteiger partial charge in [-0.2, -0.15) is 17.0 Å². The summed E-state index contributed by atoms with van der Waals surface area (Å²) in [5.74, 6) is 1.75. The fourth-order valence-electron chi connectivity index (χ4n) is 1.68.